The standard InChI is InChI=1S/C19H23ClFN3O11P2/c1-3-22-9-11(17(26)27)16(25)10-8-12(21)15(13(20)14(10)22)23-4-6-24(7-5-23)18(28)35-19(2,36(29,30)31)37(32,33)34/h8-9H,3-7H2,1-2H3,(H,26,27)(H2,29,30,31)(H2,32,33,34). The molecule has 1 aromatic heterocycles. The van der Waals surface area contributed by atoms with Crippen LogP contribution in [0.2, 0.25) is 5.02 Å². The van der Waals surface area contributed by atoms with Crippen molar-refractivity contribution in [3.8, 4) is 0 Å². The molecule has 1 fully saturated rings. The van der Waals surface area contributed by atoms with Gasteiger partial charge in [0.05, 0.1) is 21.6 Å². The molecule has 0 spiro atoms. The Morgan fingerprint density at radius 2 is 1.68 bits per heavy atom. The van der Waals surface area contributed by atoms with E-state index in [0.29, 0.717) is 6.92 Å². The lowest BCUT2D eigenvalue weighted by atomic mass is 10.1. The summed E-state index contributed by atoms with van der Waals surface area (Å²) in [6, 6.07) is 0.879. The van der Waals surface area contributed by atoms with Gasteiger partial charge in [-0.1, -0.05) is 11.6 Å². The van der Waals surface area contributed by atoms with Crippen molar-refractivity contribution in [1.82, 2.24) is 9.47 Å². The van der Waals surface area contributed by atoms with Gasteiger partial charge in [-0.25, -0.2) is 14.0 Å². The van der Waals surface area contributed by atoms with Crippen LogP contribution in [0.15, 0.2) is 17.1 Å². The second-order valence-electron chi connectivity index (χ2n) is 8.24. The Bertz CT molecular complexity index is 1410. The molecule has 1 amide bonds. The number of carboxylic acid groups (broad SMARTS) is 1. The highest BCUT2D eigenvalue weighted by molar-refractivity contribution is 7.72. The second kappa shape index (κ2) is 9.99. The zero-order valence-electron chi connectivity index (χ0n) is 19.4. The van der Waals surface area contributed by atoms with E-state index in [1.165, 1.54) is 9.47 Å². The third kappa shape index (κ3) is 5.13. The van der Waals surface area contributed by atoms with Gasteiger partial charge < -0.3 is 43.8 Å². The van der Waals surface area contributed by atoms with Gasteiger partial charge in [0.15, 0.2) is 0 Å². The first-order chi connectivity index (χ1) is 16.9. The summed E-state index contributed by atoms with van der Waals surface area (Å²) in [5, 5.41) is 5.49. The maximum atomic E-state index is 15.2. The number of piperazine rings is 1. The number of pyridine rings is 1. The van der Waals surface area contributed by atoms with Crippen molar-refractivity contribution in [2.75, 3.05) is 31.1 Å². The summed E-state index contributed by atoms with van der Waals surface area (Å²) in [6.07, 6.45) is -0.298. The summed E-state index contributed by atoms with van der Waals surface area (Å²) in [6.45, 7) is 1.73. The average Bonchev–Trinajstić information content (AvgIpc) is 2.78. The number of fused-ring (bicyclic) bond motifs is 1. The summed E-state index contributed by atoms with van der Waals surface area (Å²) < 4.78 is 44.4. The molecule has 2 heterocycles. The van der Waals surface area contributed by atoms with Crippen LogP contribution in [-0.4, -0.2) is 77.5 Å². The zero-order chi connectivity index (χ0) is 28.1. The molecule has 204 valence electrons. The number of ether oxygens (including phenoxy) is 1. The van der Waals surface area contributed by atoms with E-state index < -0.39 is 49.1 Å². The molecule has 0 saturated carbocycles. The van der Waals surface area contributed by atoms with Crippen LogP contribution in [0.3, 0.4) is 0 Å². The van der Waals surface area contributed by atoms with E-state index in [-0.39, 0.29) is 54.3 Å². The summed E-state index contributed by atoms with van der Waals surface area (Å²) in [5.41, 5.74) is -1.48. The quantitative estimate of drug-likeness (QED) is 0.308. The van der Waals surface area contributed by atoms with Crippen molar-refractivity contribution in [2.45, 2.75) is 25.5 Å². The molecule has 14 nitrogen and oxygen atoms in total. The van der Waals surface area contributed by atoms with E-state index in [0.717, 1.165) is 17.2 Å². The normalized spacial score (nSPS) is 15.2. The van der Waals surface area contributed by atoms with Crippen molar-refractivity contribution in [3.63, 3.8) is 0 Å². The number of hydrogen-bond acceptors (Lipinski definition) is 7. The molecule has 37 heavy (non-hydrogen) atoms. The van der Waals surface area contributed by atoms with Crippen LogP contribution in [0.4, 0.5) is 14.9 Å². The molecule has 2 aromatic rings. The Hall–Kier alpha value is -2.51. The molecular weight excluding hydrogens is 563 g/mol. The molecule has 1 saturated heterocycles. The number of nitrogens with zero attached hydrogens (tertiary/aromatic N) is 3. The maximum Gasteiger partial charge on any atom is 0.411 e. The van der Waals surface area contributed by atoms with Gasteiger partial charge in [-0.2, -0.15) is 0 Å². The number of hydrogen-bond donors (Lipinski definition) is 5. The summed E-state index contributed by atoms with van der Waals surface area (Å²) in [7, 11) is -11.2. The largest absolute Gasteiger partial charge is 0.477 e. The number of anilines is 1. The Morgan fingerprint density at radius 3 is 2.14 bits per heavy atom. The lowest BCUT2D eigenvalue weighted by molar-refractivity contribution is 0.0566. The lowest BCUT2D eigenvalue weighted by Gasteiger charge is -2.38. The molecule has 0 radical (unpaired) electrons. The fourth-order valence-corrected chi connectivity index (χ4v) is 5.97. The molecule has 18 heteroatoms. The van der Waals surface area contributed by atoms with E-state index in [9.17, 15) is 48.2 Å². The zero-order valence-corrected chi connectivity index (χ0v) is 21.9. The van der Waals surface area contributed by atoms with Crippen molar-refractivity contribution in [2.24, 2.45) is 0 Å². The summed E-state index contributed by atoms with van der Waals surface area (Å²) >= 11 is 6.49. The third-order valence-corrected chi connectivity index (χ3v) is 10.3. The minimum Gasteiger partial charge on any atom is -0.477 e. The minimum atomic E-state index is -5.61. The predicted molar refractivity (Wildman–Crippen MR) is 129 cm³/mol. The van der Waals surface area contributed by atoms with E-state index in [4.69, 9.17) is 11.6 Å². The van der Waals surface area contributed by atoms with Gasteiger partial charge in [0, 0.05) is 38.9 Å². The molecule has 0 unspecified atom stereocenters. The number of amides is 1. The molecule has 3 rings (SSSR count). The highest BCUT2D eigenvalue weighted by Crippen LogP contribution is 2.69. The molecular formula is C19H23ClFN3O11P2. The number of benzene rings is 1. The lowest BCUT2D eigenvalue weighted by Crippen LogP contribution is -2.50. The molecule has 0 bridgehead atoms. The SMILES string of the molecule is CCn1cc(C(=O)O)c(=O)c2cc(F)c(N3CCN(C(=O)OC(C)(P(=O)(O)O)P(=O)(O)O)CC3)c(Cl)c21. The third-order valence-electron chi connectivity index (χ3n) is 6.02. The van der Waals surface area contributed by atoms with Gasteiger partial charge in [0.25, 0.3) is 0 Å². The van der Waals surface area contributed by atoms with E-state index in [1.54, 1.807) is 6.92 Å². The Kier molecular flexibility index (Phi) is 7.84. The number of carboxylic acids is 1. The number of carbonyl (C=O) groups is 2. The molecule has 0 aliphatic carbocycles. The van der Waals surface area contributed by atoms with Crippen LogP contribution in [0.25, 0.3) is 10.9 Å². The van der Waals surface area contributed by atoms with Crippen LogP contribution in [0.5, 0.6) is 0 Å². The topological polar surface area (TPSA) is 207 Å². The van der Waals surface area contributed by atoms with Crippen LogP contribution in [0, 0.1) is 5.82 Å². The van der Waals surface area contributed by atoms with Crippen LogP contribution < -0.4 is 10.3 Å². The minimum absolute atomic E-state index is 0.0800. The first-order valence-corrected chi connectivity index (χ1v) is 14.2. The highest BCUT2D eigenvalue weighted by atomic mass is 35.5. The van der Waals surface area contributed by atoms with Gasteiger partial charge in [0.2, 0.25) is 5.43 Å². The monoisotopic (exact) mass is 585 g/mol. The van der Waals surface area contributed by atoms with Crippen LogP contribution in [-0.2, 0) is 20.4 Å². The fraction of sp³-hybridized carbons (Fsp3) is 0.421. The van der Waals surface area contributed by atoms with E-state index >= 15 is 4.39 Å². The maximum absolute atomic E-state index is 15.2. The first kappa shape index (κ1) is 29.1. The Balaban J connectivity index is 1.91. The number of carbonyl (C=O) groups excluding carboxylic acids is 1. The molecule has 5 N–H and O–H groups in total. The van der Waals surface area contributed by atoms with Crippen molar-refractivity contribution in [1.29, 1.82) is 0 Å². The highest BCUT2D eigenvalue weighted by Gasteiger charge is 2.60. The summed E-state index contributed by atoms with van der Waals surface area (Å²) in [5.74, 6) is -2.40. The predicted octanol–water partition coefficient (Wildman–Crippen LogP) is 1.80. The Morgan fingerprint density at radius 1 is 1.14 bits per heavy atom. The van der Waals surface area contributed by atoms with Gasteiger partial charge in [-0.05, 0) is 19.9 Å². The van der Waals surface area contributed by atoms with Crippen molar-refractivity contribution < 1.29 is 52.5 Å². The van der Waals surface area contributed by atoms with Gasteiger partial charge >= 0.3 is 32.3 Å². The van der Waals surface area contributed by atoms with E-state index in [1.807, 2.05) is 0 Å². The van der Waals surface area contributed by atoms with Gasteiger partial charge in [0.1, 0.15) is 11.4 Å². The molecule has 1 aliphatic rings. The molecule has 1 aliphatic heterocycles. The second-order valence-corrected chi connectivity index (χ2v) is 12.9. The first-order valence-electron chi connectivity index (χ1n) is 10.6. The Labute approximate surface area is 213 Å². The fourth-order valence-electron chi connectivity index (χ4n) is 3.80. The number of rotatable bonds is 6. The number of aromatic carboxylic acids is 1. The van der Waals surface area contributed by atoms with Gasteiger partial charge in [-0.3, -0.25) is 13.9 Å². The van der Waals surface area contributed by atoms with Crippen LogP contribution >= 0.6 is 26.8 Å². The molecule has 0 atom stereocenters. The number of halogens is 2. The van der Waals surface area contributed by atoms with Gasteiger partial charge in [-0.15, -0.1) is 0 Å². The van der Waals surface area contributed by atoms with E-state index in [2.05, 4.69) is 4.74 Å². The van der Waals surface area contributed by atoms with Crippen LogP contribution in [0.1, 0.15) is 24.2 Å². The molecule has 1 aromatic carbocycles. The van der Waals surface area contributed by atoms with Crippen molar-refractivity contribution >= 4 is 55.4 Å². The average molecular weight is 586 g/mol. The number of aryl methyl sites for hydroxylation is 1. The smallest absolute Gasteiger partial charge is 0.411 e. The summed E-state index contributed by atoms with van der Waals surface area (Å²) in [4.78, 5) is 76.3. The van der Waals surface area contributed by atoms with Crippen molar-refractivity contribution in [3.05, 3.63) is 38.9 Å². The number of aromatic nitrogens is 1.